The summed E-state index contributed by atoms with van der Waals surface area (Å²) in [5.41, 5.74) is -0.637. The molecule has 0 bridgehead atoms. The predicted octanol–water partition coefficient (Wildman–Crippen LogP) is 3.39. The average Bonchev–Trinajstić information content (AvgIpc) is 2.60. The molecule has 1 aliphatic heterocycles. The number of carbonyl (C=O) groups excluding carboxylic acids is 2. The number of hydrogen-bond acceptors (Lipinski definition) is 5. The van der Waals surface area contributed by atoms with Crippen LogP contribution in [0.3, 0.4) is 0 Å². The number of benzene rings is 2. The Hall–Kier alpha value is -3.13. The fraction of sp³-hybridized carbons (Fsp3) is 0.222. The van der Waals surface area contributed by atoms with Gasteiger partial charge in [0.1, 0.15) is 12.3 Å². The van der Waals surface area contributed by atoms with Gasteiger partial charge in [0.2, 0.25) is 5.91 Å². The minimum Gasteiger partial charge on any atom is -0.476 e. The molecule has 27 heavy (non-hydrogen) atoms. The molecule has 0 atom stereocenters. The number of ether oxygens (including phenoxy) is 1. The molecule has 0 aliphatic carbocycles. The summed E-state index contributed by atoms with van der Waals surface area (Å²) in [7, 11) is 0. The topological polar surface area (TPSA) is 102 Å². The van der Waals surface area contributed by atoms with Gasteiger partial charge in [0.05, 0.1) is 10.6 Å². The zero-order valence-corrected chi connectivity index (χ0v) is 15.3. The molecular weight excluding hydrogens is 374 g/mol. The van der Waals surface area contributed by atoms with Crippen molar-refractivity contribution in [2.75, 3.05) is 16.8 Å². The Morgan fingerprint density at radius 1 is 1.30 bits per heavy atom. The highest BCUT2D eigenvalue weighted by Crippen LogP contribution is 2.39. The monoisotopic (exact) mass is 389 g/mol. The highest BCUT2D eigenvalue weighted by atomic mass is 35.5. The third-order valence-electron chi connectivity index (χ3n) is 3.98. The Kier molecular flexibility index (Phi) is 4.75. The largest absolute Gasteiger partial charge is 0.476 e. The van der Waals surface area contributed by atoms with Crippen LogP contribution in [-0.2, 0) is 9.59 Å². The molecule has 8 nitrogen and oxygen atoms in total. The lowest BCUT2D eigenvalue weighted by atomic mass is 10.0. The minimum atomic E-state index is -1.15. The van der Waals surface area contributed by atoms with Gasteiger partial charge in [-0.25, -0.2) is 0 Å². The quantitative estimate of drug-likeness (QED) is 0.637. The van der Waals surface area contributed by atoms with Crippen LogP contribution in [0.2, 0.25) is 5.02 Å². The Balaban J connectivity index is 1.84. The van der Waals surface area contributed by atoms with Gasteiger partial charge in [0.25, 0.3) is 11.6 Å². The van der Waals surface area contributed by atoms with E-state index in [2.05, 4.69) is 5.32 Å². The van der Waals surface area contributed by atoms with Crippen molar-refractivity contribution in [1.29, 1.82) is 0 Å². The first-order valence-corrected chi connectivity index (χ1v) is 8.40. The number of amides is 2. The van der Waals surface area contributed by atoms with Gasteiger partial charge in [0.15, 0.2) is 5.60 Å². The van der Waals surface area contributed by atoms with Gasteiger partial charge in [-0.05, 0) is 38.1 Å². The normalized spacial score (nSPS) is 14.9. The van der Waals surface area contributed by atoms with Gasteiger partial charge in [0, 0.05) is 22.8 Å². The summed E-state index contributed by atoms with van der Waals surface area (Å²) in [5.74, 6) is -0.467. The summed E-state index contributed by atoms with van der Waals surface area (Å²) < 4.78 is 5.70. The fourth-order valence-corrected chi connectivity index (χ4v) is 2.91. The molecule has 3 rings (SSSR count). The zero-order valence-electron chi connectivity index (χ0n) is 14.6. The Bertz CT molecular complexity index is 944. The molecule has 0 fully saturated rings. The van der Waals surface area contributed by atoms with E-state index in [-0.39, 0.29) is 17.9 Å². The molecular formula is C18H16ClN3O5. The maximum absolute atomic E-state index is 12.7. The van der Waals surface area contributed by atoms with E-state index in [0.29, 0.717) is 16.5 Å². The number of halogens is 1. The first kappa shape index (κ1) is 18.7. The summed E-state index contributed by atoms with van der Waals surface area (Å²) in [4.78, 5) is 36.8. The lowest BCUT2D eigenvalue weighted by Crippen LogP contribution is -2.54. The predicted molar refractivity (Wildman–Crippen MR) is 100 cm³/mol. The van der Waals surface area contributed by atoms with Crippen LogP contribution >= 0.6 is 11.6 Å². The third-order valence-corrected chi connectivity index (χ3v) is 4.21. The van der Waals surface area contributed by atoms with Gasteiger partial charge in [-0.3, -0.25) is 24.6 Å². The molecule has 1 N–H and O–H groups in total. The van der Waals surface area contributed by atoms with E-state index in [0.717, 1.165) is 0 Å². The summed E-state index contributed by atoms with van der Waals surface area (Å²) in [6.45, 7) is 2.93. The van der Waals surface area contributed by atoms with Crippen molar-refractivity contribution in [3.63, 3.8) is 0 Å². The third kappa shape index (κ3) is 3.85. The van der Waals surface area contributed by atoms with Gasteiger partial charge < -0.3 is 10.1 Å². The first-order chi connectivity index (χ1) is 12.7. The molecule has 0 spiro atoms. The summed E-state index contributed by atoms with van der Waals surface area (Å²) >= 11 is 6.02. The van der Waals surface area contributed by atoms with Crippen LogP contribution in [0.5, 0.6) is 5.75 Å². The second kappa shape index (κ2) is 6.88. The maximum atomic E-state index is 12.7. The molecule has 140 valence electrons. The highest BCUT2D eigenvalue weighted by molar-refractivity contribution is 6.31. The van der Waals surface area contributed by atoms with Crippen molar-refractivity contribution in [2.45, 2.75) is 19.4 Å². The number of nitrogens with zero attached hydrogens (tertiary/aromatic N) is 2. The van der Waals surface area contributed by atoms with Gasteiger partial charge >= 0.3 is 0 Å². The van der Waals surface area contributed by atoms with E-state index in [1.165, 1.54) is 29.2 Å². The second-order valence-corrected chi connectivity index (χ2v) is 6.91. The highest BCUT2D eigenvalue weighted by Gasteiger charge is 2.41. The zero-order chi connectivity index (χ0) is 19.8. The van der Waals surface area contributed by atoms with E-state index < -0.39 is 22.3 Å². The van der Waals surface area contributed by atoms with Crippen LogP contribution in [0.4, 0.5) is 17.1 Å². The van der Waals surface area contributed by atoms with Crippen molar-refractivity contribution in [3.05, 3.63) is 57.6 Å². The molecule has 1 aliphatic rings. The molecule has 2 aromatic carbocycles. The van der Waals surface area contributed by atoms with Crippen molar-refractivity contribution in [2.24, 2.45) is 0 Å². The number of anilines is 2. The van der Waals surface area contributed by atoms with E-state index in [4.69, 9.17) is 16.3 Å². The maximum Gasteiger partial charge on any atom is 0.271 e. The number of nitro groups is 1. The van der Waals surface area contributed by atoms with E-state index in [1.54, 1.807) is 32.0 Å². The summed E-state index contributed by atoms with van der Waals surface area (Å²) in [5, 5.41) is 13.8. The molecule has 1 heterocycles. The summed E-state index contributed by atoms with van der Waals surface area (Å²) in [6.07, 6.45) is 0. The van der Waals surface area contributed by atoms with Crippen LogP contribution < -0.4 is 15.0 Å². The number of non-ortho nitro benzene ring substituents is 1. The smallest absolute Gasteiger partial charge is 0.271 e. The van der Waals surface area contributed by atoms with Gasteiger partial charge in [-0.15, -0.1) is 0 Å². The Morgan fingerprint density at radius 2 is 2.04 bits per heavy atom. The lowest BCUT2D eigenvalue weighted by Gasteiger charge is -2.38. The molecule has 2 amide bonds. The molecule has 0 saturated carbocycles. The van der Waals surface area contributed by atoms with Crippen LogP contribution in [0, 0.1) is 10.1 Å². The first-order valence-electron chi connectivity index (χ1n) is 8.02. The molecule has 2 aromatic rings. The Labute approximate surface area is 159 Å². The number of hydrogen-bond donors (Lipinski definition) is 1. The van der Waals surface area contributed by atoms with Crippen LogP contribution in [0.25, 0.3) is 0 Å². The minimum absolute atomic E-state index is 0.145. The standard InChI is InChI=1S/C18H16ClN3O5/c1-18(2)17(24)21(14-8-11(19)6-7-15(14)27-18)10-16(23)20-12-4-3-5-13(9-12)22(25)26/h3-9H,10H2,1-2H3,(H,20,23). The lowest BCUT2D eigenvalue weighted by molar-refractivity contribution is -0.384. The number of fused-ring (bicyclic) bond motifs is 1. The second-order valence-electron chi connectivity index (χ2n) is 6.47. The SMILES string of the molecule is CC1(C)Oc2ccc(Cl)cc2N(CC(=O)Nc2cccc([N+](=O)[O-])c2)C1=O. The fourth-order valence-electron chi connectivity index (χ4n) is 2.74. The van der Waals surface area contributed by atoms with Gasteiger partial charge in [-0.1, -0.05) is 17.7 Å². The van der Waals surface area contributed by atoms with Crippen molar-refractivity contribution < 1.29 is 19.2 Å². The van der Waals surface area contributed by atoms with E-state index in [9.17, 15) is 19.7 Å². The van der Waals surface area contributed by atoms with Gasteiger partial charge in [-0.2, -0.15) is 0 Å². The molecule has 0 saturated heterocycles. The van der Waals surface area contributed by atoms with Crippen molar-refractivity contribution in [3.8, 4) is 5.75 Å². The average molecular weight is 390 g/mol. The van der Waals surface area contributed by atoms with Crippen LogP contribution in [0.15, 0.2) is 42.5 Å². The number of nitro benzene ring substituents is 1. The van der Waals surface area contributed by atoms with E-state index >= 15 is 0 Å². The van der Waals surface area contributed by atoms with E-state index in [1.807, 2.05) is 0 Å². The van der Waals surface area contributed by atoms with Crippen LogP contribution in [-0.4, -0.2) is 28.9 Å². The molecule has 0 unspecified atom stereocenters. The Morgan fingerprint density at radius 3 is 2.74 bits per heavy atom. The van der Waals surface area contributed by atoms with Crippen molar-refractivity contribution >= 4 is 40.5 Å². The summed E-state index contributed by atoms with van der Waals surface area (Å²) in [6, 6.07) is 10.4. The molecule has 9 heteroatoms. The molecule has 0 aromatic heterocycles. The number of carbonyl (C=O) groups is 2. The van der Waals surface area contributed by atoms with Crippen molar-refractivity contribution in [1.82, 2.24) is 0 Å². The van der Waals surface area contributed by atoms with Crippen LogP contribution in [0.1, 0.15) is 13.8 Å². The number of nitrogens with one attached hydrogen (secondary N) is 1. The number of rotatable bonds is 4. The molecule has 0 radical (unpaired) electrons.